The summed E-state index contributed by atoms with van der Waals surface area (Å²) in [5.41, 5.74) is 10.7. The summed E-state index contributed by atoms with van der Waals surface area (Å²) in [6.07, 6.45) is 5.83. The van der Waals surface area contributed by atoms with E-state index >= 15 is 0 Å². The first-order valence-corrected chi connectivity index (χ1v) is 8.38. The fraction of sp³-hybridized carbons (Fsp3) is 0.667. The van der Waals surface area contributed by atoms with E-state index in [-0.39, 0.29) is 12.1 Å². The Kier molecular flexibility index (Phi) is 4.63. The van der Waals surface area contributed by atoms with E-state index in [1.807, 2.05) is 6.92 Å². The second kappa shape index (κ2) is 6.47. The van der Waals surface area contributed by atoms with Crippen molar-refractivity contribution < 1.29 is 5.11 Å². The summed E-state index contributed by atoms with van der Waals surface area (Å²) in [6.45, 7) is 4.76. The maximum atomic E-state index is 9.85. The van der Waals surface area contributed by atoms with Gasteiger partial charge in [-0.15, -0.1) is 0 Å². The molecule has 0 amide bonds. The number of aliphatic hydroxyl groups excluding tert-OH is 1. The Morgan fingerprint density at radius 2 is 2.00 bits per heavy atom. The molecule has 0 saturated carbocycles. The third-order valence-electron chi connectivity index (χ3n) is 5.09. The number of nitrogens with two attached hydrogens (primary N) is 1. The van der Waals surface area contributed by atoms with E-state index in [0.717, 1.165) is 26.1 Å². The SMILES string of the molecule is CC(O)C1CC(N)CN(Cc2ccc3c(c2)CCCC3)C1. The maximum Gasteiger partial charge on any atom is 0.0553 e. The number of likely N-dealkylation sites (tertiary alicyclic amines) is 1. The van der Waals surface area contributed by atoms with Gasteiger partial charge in [0.2, 0.25) is 0 Å². The zero-order chi connectivity index (χ0) is 14.8. The van der Waals surface area contributed by atoms with Crippen LogP contribution < -0.4 is 5.73 Å². The number of benzene rings is 1. The highest BCUT2D eigenvalue weighted by atomic mass is 16.3. The number of aliphatic hydroxyl groups is 1. The van der Waals surface area contributed by atoms with Crippen LogP contribution in [0.25, 0.3) is 0 Å². The Bertz CT molecular complexity index is 486. The summed E-state index contributed by atoms with van der Waals surface area (Å²) in [5.74, 6) is 0.311. The largest absolute Gasteiger partial charge is 0.393 e. The molecular weight excluding hydrogens is 260 g/mol. The Hall–Kier alpha value is -0.900. The summed E-state index contributed by atoms with van der Waals surface area (Å²) < 4.78 is 0. The van der Waals surface area contributed by atoms with E-state index in [9.17, 15) is 5.11 Å². The van der Waals surface area contributed by atoms with Crippen LogP contribution in [-0.4, -0.2) is 35.2 Å². The molecule has 3 heteroatoms. The molecular formula is C18H28N2O. The molecule has 0 spiro atoms. The van der Waals surface area contributed by atoms with Crippen LogP contribution in [0.5, 0.6) is 0 Å². The number of nitrogens with zero attached hydrogens (tertiary/aromatic N) is 1. The first-order chi connectivity index (χ1) is 10.1. The van der Waals surface area contributed by atoms with Crippen LogP contribution in [0, 0.1) is 5.92 Å². The number of rotatable bonds is 3. The Morgan fingerprint density at radius 3 is 2.76 bits per heavy atom. The first kappa shape index (κ1) is 15.0. The van der Waals surface area contributed by atoms with Crippen molar-refractivity contribution in [2.75, 3.05) is 13.1 Å². The van der Waals surface area contributed by atoms with Crippen molar-refractivity contribution in [3.05, 3.63) is 34.9 Å². The van der Waals surface area contributed by atoms with E-state index in [4.69, 9.17) is 5.73 Å². The minimum Gasteiger partial charge on any atom is -0.393 e. The molecule has 0 bridgehead atoms. The number of hydrogen-bond acceptors (Lipinski definition) is 3. The smallest absolute Gasteiger partial charge is 0.0553 e. The van der Waals surface area contributed by atoms with Crippen LogP contribution in [0.15, 0.2) is 18.2 Å². The van der Waals surface area contributed by atoms with Crippen molar-refractivity contribution in [2.24, 2.45) is 11.7 Å². The molecule has 3 atom stereocenters. The van der Waals surface area contributed by atoms with Crippen LogP contribution in [0.2, 0.25) is 0 Å². The third kappa shape index (κ3) is 3.65. The summed E-state index contributed by atoms with van der Waals surface area (Å²) in [4.78, 5) is 2.41. The van der Waals surface area contributed by atoms with Crippen molar-refractivity contribution >= 4 is 0 Å². The topological polar surface area (TPSA) is 49.5 Å². The van der Waals surface area contributed by atoms with E-state index < -0.39 is 0 Å². The van der Waals surface area contributed by atoms with Crippen LogP contribution in [-0.2, 0) is 19.4 Å². The normalized spacial score (nSPS) is 28.1. The molecule has 3 unspecified atom stereocenters. The summed E-state index contributed by atoms with van der Waals surface area (Å²) >= 11 is 0. The van der Waals surface area contributed by atoms with E-state index in [2.05, 4.69) is 23.1 Å². The van der Waals surface area contributed by atoms with Gasteiger partial charge in [0.05, 0.1) is 6.10 Å². The minimum atomic E-state index is -0.262. The molecule has 1 heterocycles. The van der Waals surface area contributed by atoms with Gasteiger partial charge >= 0.3 is 0 Å². The van der Waals surface area contributed by atoms with Gasteiger partial charge in [0, 0.05) is 25.7 Å². The van der Waals surface area contributed by atoms with Crippen LogP contribution >= 0.6 is 0 Å². The van der Waals surface area contributed by atoms with Crippen molar-refractivity contribution in [3.8, 4) is 0 Å². The highest BCUT2D eigenvalue weighted by Crippen LogP contribution is 2.25. The predicted octanol–water partition coefficient (Wildman–Crippen LogP) is 2.10. The van der Waals surface area contributed by atoms with Crippen molar-refractivity contribution in [1.29, 1.82) is 0 Å². The molecule has 3 rings (SSSR count). The second-order valence-corrected chi connectivity index (χ2v) is 7.00. The molecule has 1 saturated heterocycles. The van der Waals surface area contributed by atoms with Crippen LogP contribution in [0.4, 0.5) is 0 Å². The number of aryl methyl sites for hydroxylation is 2. The molecule has 1 aliphatic carbocycles. The molecule has 0 radical (unpaired) electrons. The van der Waals surface area contributed by atoms with Gasteiger partial charge in [-0.05, 0) is 61.6 Å². The molecule has 3 N–H and O–H groups in total. The minimum absolute atomic E-state index is 0.191. The van der Waals surface area contributed by atoms with Gasteiger partial charge < -0.3 is 10.8 Å². The Labute approximate surface area is 128 Å². The number of piperidine rings is 1. The van der Waals surface area contributed by atoms with Gasteiger partial charge in [-0.3, -0.25) is 4.90 Å². The monoisotopic (exact) mass is 288 g/mol. The molecule has 2 aliphatic rings. The molecule has 1 aromatic rings. The molecule has 1 fully saturated rings. The fourth-order valence-electron chi connectivity index (χ4n) is 3.90. The van der Waals surface area contributed by atoms with Crippen LogP contribution in [0.3, 0.4) is 0 Å². The number of hydrogen-bond donors (Lipinski definition) is 2. The van der Waals surface area contributed by atoms with Crippen molar-refractivity contribution in [1.82, 2.24) is 4.90 Å². The predicted molar refractivity (Wildman–Crippen MR) is 86.1 cm³/mol. The molecule has 116 valence electrons. The van der Waals surface area contributed by atoms with Gasteiger partial charge in [-0.1, -0.05) is 18.2 Å². The van der Waals surface area contributed by atoms with Gasteiger partial charge in [0.25, 0.3) is 0 Å². The fourth-order valence-corrected chi connectivity index (χ4v) is 3.90. The average molecular weight is 288 g/mol. The van der Waals surface area contributed by atoms with Crippen molar-refractivity contribution in [2.45, 2.75) is 57.7 Å². The first-order valence-electron chi connectivity index (χ1n) is 8.38. The lowest BCUT2D eigenvalue weighted by atomic mass is 9.89. The summed E-state index contributed by atoms with van der Waals surface area (Å²) in [5, 5.41) is 9.85. The zero-order valence-corrected chi connectivity index (χ0v) is 13.1. The summed E-state index contributed by atoms with van der Waals surface area (Å²) in [6, 6.07) is 7.18. The molecule has 3 nitrogen and oxygen atoms in total. The van der Waals surface area contributed by atoms with Gasteiger partial charge in [-0.2, -0.15) is 0 Å². The van der Waals surface area contributed by atoms with E-state index in [1.165, 1.54) is 31.2 Å². The summed E-state index contributed by atoms with van der Waals surface area (Å²) in [7, 11) is 0. The van der Waals surface area contributed by atoms with Crippen molar-refractivity contribution in [3.63, 3.8) is 0 Å². The highest BCUT2D eigenvalue weighted by molar-refractivity contribution is 5.33. The zero-order valence-electron chi connectivity index (χ0n) is 13.1. The van der Waals surface area contributed by atoms with Gasteiger partial charge in [0.15, 0.2) is 0 Å². The van der Waals surface area contributed by atoms with Gasteiger partial charge in [-0.25, -0.2) is 0 Å². The quantitative estimate of drug-likeness (QED) is 0.895. The maximum absolute atomic E-state index is 9.85. The molecule has 1 aliphatic heterocycles. The molecule has 1 aromatic carbocycles. The lowest BCUT2D eigenvalue weighted by molar-refractivity contribution is 0.0516. The Balaban J connectivity index is 1.68. The standard InChI is InChI=1S/C18H28N2O/c1-13(21)17-9-18(19)12-20(11-17)10-14-6-7-15-4-2-3-5-16(15)8-14/h6-8,13,17-18,21H,2-5,9-12,19H2,1H3. The van der Waals surface area contributed by atoms with E-state index in [0.29, 0.717) is 5.92 Å². The highest BCUT2D eigenvalue weighted by Gasteiger charge is 2.28. The lowest BCUT2D eigenvalue weighted by Gasteiger charge is -2.37. The average Bonchev–Trinajstić information content (AvgIpc) is 2.46. The molecule has 21 heavy (non-hydrogen) atoms. The molecule has 0 aromatic heterocycles. The second-order valence-electron chi connectivity index (χ2n) is 7.00. The van der Waals surface area contributed by atoms with E-state index in [1.54, 1.807) is 11.1 Å². The number of fused-ring (bicyclic) bond motifs is 1. The van der Waals surface area contributed by atoms with Gasteiger partial charge in [0.1, 0.15) is 0 Å². The van der Waals surface area contributed by atoms with Crippen LogP contribution in [0.1, 0.15) is 42.9 Å². The third-order valence-corrected chi connectivity index (χ3v) is 5.09. The lowest BCUT2D eigenvalue weighted by Crippen LogP contribution is -2.49. The Morgan fingerprint density at radius 1 is 1.24 bits per heavy atom.